The van der Waals surface area contributed by atoms with Gasteiger partial charge in [0, 0.05) is 24.7 Å². The monoisotopic (exact) mass is 345 g/mol. The quantitative estimate of drug-likeness (QED) is 0.678. The Morgan fingerprint density at radius 3 is 2.71 bits per heavy atom. The van der Waals surface area contributed by atoms with Crippen LogP contribution < -0.4 is 5.84 Å². The van der Waals surface area contributed by atoms with Crippen LogP contribution in [-0.4, -0.2) is 45.5 Å². The fourth-order valence-electron chi connectivity index (χ4n) is 1.49. The number of halogens is 2. The second-order valence-corrected chi connectivity index (χ2v) is 6.16. The van der Waals surface area contributed by atoms with Gasteiger partial charge >= 0.3 is 0 Å². The Kier molecular flexibility index (Phi) is 4.97. The molecule has 0 fully saturated rings. The molecule has 1 amide bonds. The van der Waals surface area contributed by atoms with E-state index in [1.165, 1.54) is 21.3 Å². The van der Waals surface area contributed by atoms with Crippen molar-refractivity contribution in [1.29, 1.82) is 0 Å². The lowest BCUT2D eigenvalue weighted by molar-refractivity contribution is -0.125. The van der Waals surface area contributed by atoms with Crippen molar-refractivity contribution in [2.45, 2.75) is 5.16 Å². The molecule has 0 radical (unpaired) electrons. The zero-order chi connectivity index (χ0) is 15.6. The van der Waals surface area contributed by atoms with Gasteiger partial charge in [-0.15, -0.1) is 10.2 Å². The summed E-state index contributed by atoms with van der Waals surface area (Å²) in [7, 11) is 3.38. The summed E-state index contributed by atoms with van der Waals surface area (Å²) in [5, 5.41) is 9.38. The number of rotatable bonds is 4. The summed E-state index contributed by atoms with van der Waals surface area (Å²) in [4.78, 5) is 13.1. The van der Waals surface area contributed by atoms with Gasteiger partial charge in [0.15, 0.2) is 5.82 Å². The van der Waals surface area contributed by atoms with Gasteiger partial charge in [0.1, 0.15) is 0 Å². The Hall–Kier alpha value is -1.44. The SMILES string of the molecule is CN(C)C(=O)CSc1nnc(-c2ccc(Cl)cc2Cl)n1N. The predicted octanol–water partition coefficient (Wildman–Crippen LogP) is 2.15. The number of nitrogens with zero attached hydrogens (tertiary/aromatic N) is 4. The number of nitrogens with two attached hydrogens (primary N) is 1. The van der Waals surface area contributed by atoms with E-state index in [9.17, 15) is 4.79 Å². The van der Waals surface area contributed by atoms with Gasteiger partial charge in [-0.2, -0.15) is 0 Å². The lowest BCUT2D eigenvalue weighted by Gasteiger charge is -2.09. The first-order chi connectivity index (χ1) is 9.90. The van der Waals surface area contributed by atoms with Crippen molar-refractivity contribution in [3.63, 3.8) is 0 Å². The van der Waals surface area contributed by atoms with Crippen LogP contribution in [0.15, 0.2) is 23.4 Å². The smallest absolute Gasteiger partial charge is 0.232 e. The summed E-state index contributed by atoms with van der Waals surface area (Å²) in [6.07, 6.45) is 0. The molecule has 6 nitrogen and oxygen atoms in total. The Labute approximate surface area is 136 Å². The lowest BCUT2D eigenvalue weighted by Crippen LogP contribution is -2.24. The van der Waals surface area contributed by atoms with E-state index in [0.717, 1.165) is 0 Å². The molecule has 1 heterocycles. The molecule has 0 saturated heterocycles. The zero-order valence-electron chi connectivity index (χ0n) is 11.4. The number of carbonyl (C=O) groups is 1. The summed E-state index contributed by atoms with van der Waals surface area (Å²) in [6, 6.07) is 5.02. The second-order valence-electron chi connectivity index (χ2n) is 4.38. The van der Waals surface area contributed by atoms with Crippen LogP contribution in [0, 0.1) is 0 Å². The summed E-state index contributed by atoms with van der Waals surface area (Å²) in [6.45, 7) is 0. The van der Waals surface area contributed by atoms with E-state index in [1.807, 2.05) is 0 Å². The van der Waals surface area contributed by atoms with Crippen molar-refractivity contribution in [2.75, 3.05) is 25.7 Å². The Morgan fingerprint density at radius 2 is 2.10 bits per heavy atom. The number of thioether (sulfide) groups is 1. The van der Waals surface area contributed by atoms with Crippen molar-refractivity contribution in [3.05, 3.63) is 28.2 Å². The Balaban J connectivity index is 2.22. The van der Waals surface area contributed by atoms with Crippen LogP contribution >= 0.6 is 35.0 Å². The van der Waals surface area contributed by atoms with Gasteiger partial charge in [0.2, 0.25) is 11.1 Å². The minimum Gasteiger partial charge on any atom is -0.348 e. The number of hydrogen-bond donors (Lipinski definition) is 1. The largest absolute Gasteiger partial charge is 0.348 e. The molecule has 112 valence electrons. The number of hydrogen-bond acceptors (Lipinski definition) is 5. The molecule has 21 heavy (non-hydrogen) atoms. The highest BCUT2D eigenvalue weighted by atomic mass is 35.5. The van der Waals surface area contributed by atoms with Crippen molar-refractivity contribution in [2.24, 2.45) is 0 Å². The first kappa shape index (κ1) is 15.9. The average Bonchev–Trinajstić information content (AvgIpc) is 2.77. The fourth-order valence-corrected chi connectivity index (χ4v) is 2.81. The molecule has 0 spiro atoms. The molecule has 2 rings (SSSR count). The zero-order valence-corrected chi connectivity index (χ0v) is 13.7. The molecular formula is C12H13Cl2N5OS. The standard InChI is InChI=1S/C12H13Cl2N5OS/c1-18(2)10(20)6-21-12-17-16-11(19(12)15)8-4-3-7(13)5-9(8)14/h3-5H,6,15H2,1-2H3. The van der Waals surface area contributed by atoms with Gasteiger partial charge in [-0.3, -0.25) is 4.79 Å². The normalized spacial score (nSPS) is 10.7. The number of carbonyl (C=O) groups excluding carboxylic acids is 1. The summed E-state index contributed by atoms with van der Waals surface area (Å²) in [5.74, 6) is 6.57. The Bertz CT molecular complexity index is 674. The third-order valence-electron chi connectivity index (χ3n) is 2.66. The maximum atomic E-state index is 11.6. The van der Waals surface area contributed by atoms with E-state index < -0.39 is 0 Å². The molecule has 0 atom stereocenters. The Morgan fingerprint density at radius 1 is 1.38 bits per heavy atom. The molecule has 0 bridgehead atoms. The topological polar surface area (TPSA) is 77.0 Å². The van der Waals surface area contributed by atoms with E-state index in [1.54, 1.807) is 32.3 Å². The number of aromatic nitrogens is 3. The van der Waals surface area contributed by atoms with Crippen molar-refractivity contribution < 1.29 is 4.79 Å². The first-order valence-electron chi connectivity index (χ1n) is 5.89. The third kappa shape index (κ3) is 3.61. The van der Waals surface area contributed by atoms with E-state index in [-0.39, 0.29) is 11.7 Å². The first-order valence-corrected chi connectivity index (χ1v) is 7.63. The molecule has 9 heteroatoms. The molecule has 0 aliphatic heterocycles. The molecule has 1 aromatic carbocycles. The van der Waals surface area contributed by atoms with Crippen LogP contribution in [0.2, 0.25) is 10.0 Å². The van der Waals surface area contributed by atoms with Crippen LogP contribution in [0.3, 0.4) is 0 Å². The minimum atomic E-state index is -0.0333. The fraction of sp³-hybridized carbons (Fsp3) is 0.250. The van der Waals surface area contributed by atoms with Gasteiger partial charge in [0.25, 0.3) is 0 Å². The summed E-state index contributed by atoms with van der Waals surface area (Å²) in [5.41, 5.74) is 0.627. The number of nitrogen functional groups attached to an aromatic ring is 1. The van der Waals surface area contributed by atoms with Crippen LogP contribution in [-0.2, 0) is 4.79 Å². The summed E-state index contributed by atoms with van der Waals surface area (Å²) >= 11 is 13.2. The summed E-state index contributed by atoms with van der Waals surface area (Å²) < 4.78 is 1.31. The molecule has 0 saturated carbocycles. The maximum absolute atomic E-state index is 11.6. The molecular weight excluding hydrogens is 333 g/mol. The molecule has 0 aliphatic rings. The van der Waals surface area contributed by atoms with E-state index in [0.29, 0.717) is 26.6 Å². The average molecular weight is 346 g/mol. The molecule has 0 unspecified atom stereocenters. The van der Waals surface area contributed by atoms with Crippen molar-refractivity contribution >= 4 is 40.9 Å². The number of benzene rings is 1. The number of amides is 1. The molecule has 0 aliphatic carbocycles. The lowest BCUT2D eigenvalue weighted by atomic mass is 10.2. The van der Waals surface area contributed by atoms with Crippen LogP contribution in [0.1, 0.15) is 0 Å². The van der Waals surface area contributed by atoms with E-state index in [4.69, 9.17) is 29.0 Å². The highest BCUT2D eigenvalue weighted by Crippen LogP contribution is 2.30. The van der Waals surface area contributed by atoms with E-state index in [2.05, 4.69) is 10.2 Å². The van der Waals surface area contributed by atoms with Crippen molar-refractivity contribution in [1.82, 2.24) is 19.8 Å². The van der Waals surface area contributed by atoms with Gasteiger partial charge in [0.05, 0.1) is 10.8 Å². The maximum Gasteiger partial charge on any atom is 0.232 e. The third-order valence-corrected chi connectivity index (χ3v) is 4.14. The van der Waals surface area contributed by atoms with Crippen LogP contribution in [0.5, 0.6) is 0 Å². The molecule has 2 aromatic rings. The highest BCUT2D eigenvalue weighted by molar-refractivity contribution is 7.99. The second kappa shape index (κ2) is 6.55. The van der Waals surface area contributed by atoms with Crippen molar-refractivity contribution in [3.8, 4) is 11.4 Å². The van der Waals surface area contributed by atoms with E-state index >= 15 is 0 Å². The van der Waals surface area contributed by atoms with Crippen LogP contribution in [0.4, 0.5) is 0 Å². The van der Waals surface area contributed by atoms with Gasteiger partial charge < -0.3 is 10.7 Å². The van der Waals surface area contributed by atoms with Gasteiger partial charge in [-0.25, -0.2) is 4.68 Å². The van der Waals surface area contributed by atoms with Gasteiger partial charge in [-0.05, 0) is 18.2 Å². The minimum absolute atomic E-state index is 0.0333. The molecule has 1 aromatic heterocycles. The highest BCUT2D eigenvalue weighted by Gasteiger charge is 2.16. The predicted molar refractivity (Wildman–Crippen MR) is 85.0 cm³/mol. The molecule has 2 N–H and O–H groups in total. The van der Waals surface area contributed by atoms with Crippen LogP contribution in [0.25, 0.3) is 11.4 Å². The van der Waals surface area contributed by atoms with Gasteiger partial charge in [-0.1, -0.05) is 35.0 Å².